The molecule has 0 spiro atoms. The average Bonchev–Trinajstić information content (AvgIpc) is 3.17. The molecule has 0 aromatic carbocycles. The van der Waals surface area contributed by atoms with E-state index in [1.54, 1.807) is 0 Å². The van der Waals surface area contributed by atoms with Gasteiger partial charge < -0.3 is 14.6 Å². The number of carbonyl (C=O) groups is 2. The summed E-state index contributed by atoms with van der Waals surface area (Å²) in [7, 11) is 0. The first kappa shape index (κ1) is 15.2. The SMILES string of the molecule is O=C(NCCc1cn2ccccc2n1)C1CC(=O)N(CC2CC2)C1. The Morgan fingerprint density at radius 2 is 2.21 bits per heavy atom. The van der Waals surface area contributed by atoms with Crippen LogP contribution in [0.4, 0.5) is 0 Å². The van der Waals surface area contributed by atoms with Crippen LogP contribution in [0.15, 0.2) is 30.6 Å². The smallest absolute Gasteiger partial charge is 0.225 e. The number of carbonyl (C=O) groups excluding carboxylic acids is 2. The van der Waals surface area contributed by atoms with E-state index < -0.39 is 0 Å². The fourth-order valence-corrected chi connectivity index (χ4v) is 3.30. The molecule has 3 heterocycles. The maximum Gasteiger partial charge on any atom is 0.225 e. The van der Waals surface area contributed by atoms with Crippen LogP contribution in [0.25, 0.3) is 5.65 Å². The second-order valence-corrected chi connectivity index (χ2v) is 6.88. The molecule has 2 aromatic heterocycles. The number of nitrogens with one attached hydrogen (secondary N) is 1. The van der Waals surface area contributed by atoms with Crippen molar-refractivity contribution in [2.45, 2.75) is 25.7 Å². The van der Waals surface area contributed by atoms with Crippen LogP contribution in [0.3, 0.4) is 0 Å². The molecular weight excluding hydrogens is 304 g/mol. The molecule has 126 valence electrons. The van der Waals surface area contributed by atoms with Crippen LogP contribution in [0, 0.1) is 11.8 Å². The molecule has 1 saturated carbocycles. The molecule has 1 unspecified atom stereocenters. The van der Waals surface area contributed by atoms with E-state index in [0.717, 1.165) is 17.9 Å². The molecule has 6 heteroatoms. The molecular formula is C18H22N4O2. The molecule has 6 nitrogen and oxygen atoms in total. The first-order valence-corrected chi connectivity index (χ1v) is 8.67. The lowest BCUT2D eigenvalue weighted by Crippen LogP contribution is -2.34. The highest BCUT2D eigenvalue weighted by molar-refractivity contribution is 5.89. The molecule has 4 rings (SSSR count). The highest BCUT2D eigenvalue weighted by atomic mass is 16.2. The van der Waals surface area contributed by atoms with Gasteiger partial charge in [-0.05, 0) is 30.9 Å². The summed E-state index contributed by atoms with van der Waals surface area (Å²) in [5.41, 5.74) is 1.87. The number of pyridine rings is 1. The molecule has 2 amide bonds. The number of amides is 2. The number of nitrogens with zero attached hydrogens (tertiary/aromatic N) is 3. The Morgan fingerprint density at radius 1 is 1.33 bits per heavy atom. The third-order valence-corrected chi connectivity index (χ3v) is 4.86. The van der Waals surface area contributed by atoms with Crippen molar-refractivity contribution in [1.82, 2.24) is 19.6 Å². The molecule has 2 aliphatic rings. The largest absolute Gasteiger partial charge is 0.355 e. The first-order valence-electron chi connectivity index (χ1n) is 8.67. The Labute approximate surface area is 140 Å². The van der Waals surface area contributed by atoms with Crippen molar-refractivity contribution in [1.29, 1.82) is 0 Å². The van der Waals surface area contributed by atoms with Gasteiger partial charge in [-0.15, -0.1) is 0 Å². The third kappa shape index (κ3) is 3.27. The number of aromatic nitrogens is 2. The van der Waals surface area contributed by atoms with Crippen LogP contribution in [0.5, 0.6) is 0 Å². The topological polar surface area (TPSA) is 66.7 Å². The number of rotatable bonds is 6. The van der Waals surface area contributed by atoms with Crippen LogP contribution in [0.1, 0.15) is 25.0 Å². The van der Waals surface area contributed by atoms with Gasteiger partial charge in [-0.25, -0.2) is 4.98 Å². The lowest BCUT2D eigenvalue weighted by atomic mass is 10.1. The molecule has 1 atom stereocenters. The van der Waals surface area contributed by atoms with Crippen molar-refractivity contribution < 1.29 is 9.59 Å². The van der Waals surface area contributed by atoms with E-state index in [-0.39, 0.29) is 17.7 Å². The maximum atomic E-state index is 12.3. The summed E-state index contributed by atoms with van der Waals surface area (Å²) in [6.07, 6.45) is 7.44. The minimum atomic E-state index is -0.197. The van der Waals surface area contributed by atoms with Crippen molar-refractivity contribution in [3.05, 3.63) is 36.3 Å². The van der Waals surface area contributed by atoms with Crippen LogP contribution < -0.4 is 5.32 Å². The van der Waals surface area contributed by atoms with Gasteiger partial charge in [0.25, 0.3) is 0 Å². The molecule has 1 aliphatic carbocycles. The standard InChI is InChI=1S/C18H22N4O2/c23-17-9-14(11-22(17)10-13-4-5-13)18(24)19-7-6-15-12-21-8-2-1-3-16(21)20-15/h1-3,8,12-14H,4-7,9-11H2,(H,19,24). The van der Waals surface area contributed by atoms with E-state index in [2.05, 4.69) is 10.3 Å². The maximum absolute atomic E-state index is 12.3. The second kappa shape index (κ2) is 6.26. The van der Waals surface area contributed by atoms with E-state index in [0.29, 0.717) is 31.8 Å². The van der Waals surface area contributed by atoms with Gasteiger partial charge >= 0.3 is 0 Å². The Bertz CT molecular complexity index is 732. The Kier molecular flexibility index (Phi) is 3.96. The summed E-state index contributed by atoms with van der Waals surface area (Å²) in [4.78, 5) is 30.7. The molecule has 0 radical (unpaired) electrons. The minimum absolute atomic E-state index is 0.00888. The minimum Gasteiger partial charge on any atom is -0.355 e. The number of hydrogen-bond acceptors (Lipinski definition) is 3. The zero-order valence-corrected chi connectivity index (χ0v) is 13.6. The molecule has 2 fully saturated rings. The van der Waals surface area contributed by atoms with Crippen molar-refractivity contribution in [2.75, 3.05) is 19.6 Å². The first-order chi connectivity index (χ1) is 11.7. The predicted molar refractivity (Wildman–Crippen MR) is 89.3 cm³/mol. The second-order valence-electron chi connectivity index (χ2n) is 6.88. The van der Waals surface area contributed by atoms with Crippen molar-refractivity contribution in [2.24, 2.45) is 11.8 Å². The van der Waals surface area contributed by atoms with Crippen LogP contribution in [-0.4, -0.2) is 45.7 Å². The highest BCUT2D eigenvalue weighted by Crippen LogP contribution is 2.31. The Hall–Kier alpha value is -2.37. The van der Waals surface area contributed by atoms with Crippen molar-refractivity contribution >= 4 is 17.5 Å². The molecule has 1 N–H and O–H groups in total. The van der Waals surface area contributed by atoms with E-state index in [1.165, 1.54) is 12.8 Å². The van der Waals surface area contributed by atoms with Gasteiger partial charge in [0.1, 0.15) is 5.65 Å². The lowest BCUT2D eigenvalue weighted by molar-refractivity contribution is -0.129. The van der Waals surface area contributed by atoms with Crippen LogP contribution in [-0.2, 0) is 16.0 Å². The van der Waals surface area contributed by atoms with E-state index in [1.807, 2.05) is 39.9 Å². The quantitative estimate of drug-likeness (QED) is 0.869. The number of likely N-dealkylation sites (tertiary alicyclic amines) is 1. The normalized spacial score (nSPS) is 20.8. The fraction of sp³-hybridized carbons (Fsp3) is 0.500. The number of hydrogen-bond donors (Lipinski definition) is 1. The van der Waals surface area contributed by atoms with Gasteiger partial charge in [-0.3, -0.25) is 9.59 Å². The van der Waals surface area contributed by atoms with Crippen molar-refractivity contribution in [3.8, 4) is 0 Å². The van der Waals surface area contributed by atoms with Crippen LogP contribution in [0.2, 0.25) is 0 Å². The summed E-state index contributed by atoms with van der Waals surface area (Å²) < 4.78 is 1.97. The zero-order chi connectivity index (χ0) is 16.5. The monoisotopic (exact) mass is 326 g/mol. The summed E-state index contributed by atoms with van der Waals surface area (Å²) >= 11 is 0. The van der Waals surface area contributed by atoms with Gasteiger partial charge in [-0.1, -0.05) is 6.07 Å². The Balaban J connectivity index is 1.26. The summed E-state index contributed by atoms with van der Waals surface area (Å²) in [5, 5.41) is 2.96. The molecule has 0 bridgehead atoms. The van der Waals surface area contributed by atoms with Gasteiger partial charge in [0, 0.05) is 44.9 Å². The number of fused-ring (bicyclic) bond motifs is 1. The molecule has 2 aromatic rings. The van der Waals surface area contributed by atoms with Crippen LogP contribution >= 0.6 is 0 Å². The lowest BCUT2D eigenvalue weighted by Gasteiger charge is -2.15. The van der Waals surface area contributed by atoms with Gasteiger partial charge in [-0.2, -0.15) is 0 Å². The van der Waals surface area contributed by atoms with Gasteiger partial charge in [0.05, 0.1) is 11.6 Å². The summed E-state index contributed by atoms with van der Waals surface area (Å²) in [6.45, 7) is 1.97. The molecule has 24 heavy (non-hydrogen) atoms. The van der Waals surface area contributed by atoms with E-state index in [9.17, 15) is 9.59 Å². The Morgan fingerprint density at radius 3 is 3.00 bits per heavy atom. The molecule has 1 aliphatic heterocycles. The fourth-order valence-electron chi connectivity index (χ4n) is 3.30. The van der Waals surface area contributed by atoms with Crippen molar-refractivity contribution in [3.63, 3.8) is 0 Å². The predicted octanol–water partition coefficient (Wildman–Crippen LogP) is 1.25. The zero-order valence-electron chi connectivity index (χ0n) is 13.6. The van der Waals surface area contributed by atoms with E-state index >= 15 is 0 Å². The average molecular weight is 326 g/mol. The van der Waals surface area contributed by atoms with Gasteiger partial charge in [0.15, 0.2) is 0 Å². The molecule has 1 saturated heterocycles. The summed E-state index contributed by atoms with van der Waals surface area (Å²) in [6, 6.07) is 5.88. The van der Waals surface area contributed by atoms with E-state index in [4.69, 9.17) is 0 Å². The third-order valence-electron chi connectivity index (χ3n) is 4.86. The highest BCUT2D eigenvalue weighted by Gasteiger charge is 2.36. The summed E-state index contributed by atoms with van der Waals surface area (Å²) in [5.74, 6) is 0.593. The number of imidazole rings is 1. The van der Waals surface area contributed by atoms with Gasteiger partial charge in [0.2, 0.25) is 11.8 Å².